The average molecular weight is 445 g/mol. The van der Waals surface area contributed by atoms with Crippen LogP contribution in [0.1, 0.15) is 29.3 Å². The SMILES string of the molecule is CCn1cc(CN2CCCN(C(=O)c3cc(Cl)c(-n4cnnn4)cc3OC)CC2)cn1. The van der Waals surface area contributed by atoms with Crippen LogP contribution >= 0.6 is 11.6 Å². The lowest BCUT2D eigenvalue weighted by molar-refractivity contribution is 0.0757. The van der Waals surface area contributed by atoms with Gasteiger partial charge >= 0.3 is 0 Å². The zero-order valence-corrected chi connectivity index (χ0v) is 18.4. The van der Waals surface area contributed by atoms with Crippen molar-refractivity contribution in [2.75, 3.05) is 33.3 Å². The van der Waals surface area contributed by atoms with Gasteiger partial charge in [-0.3, -0.25) is 14.4 Å². The fourth-order valence-electron chi connectivity index (χ4n) is 3.75. The molecule has 1 amide bonds. The fourth-order valence-corrected chi connectivity index (χ4v) is 4.00. The number of ether oxygens (including phenoxy) is 1. The Hall–Kier alpha value is -2.98. The highest BCUT2D eigenvalue weighted by atomic mass is 35.5. The third-order valence-electron chi connectivity index (χ3n) is 5.39. The van der Waals surface area contributed by atoms with Gasteiger partial charge in [-0.25, -0.2) is 0 Å². The van der Waals surface area contributed by atoms with Crippen molar-refractivity contribution in [3.05, 3.63) is 47.0 Å². The molecule has 3 heterocycles. The molecule has 0 radical (unpaired) electrons. The third kappa shape index (κ3) is 4.70. The molecule has 1 aromatic carbocycles. The highest BCUT2D eigenvalue weighted by Gasteiger charge is 2.24. The summed E-state index contributed by atoms with van der Waals surface area (Å²) in [5.41, 5.74) is 2.17. The molecule has 0 unspecified atom stereocenters. The summed E-state index contributed by atoms with van der Waals surface area (Å²) in [5, 5.41) is 15.8. The molecule has 31 heavy (non-hydrogen) atoms. The minimum absolute atomic E-state index is 0.0948. The Morgan fingerprint density at radius 1 is 1.23 bits per heavy atom. The number of hydrogen-bond acceptors (Lipinski definition) is 7. The summed E-state index contributed by atoms with van der Waals surface area (Å²) in [6.45, 7) is 6.80. The van der Waals surface area contributed by atoms with E-state index in [1.807, 2.05) is 15.8 Å². The average Bonchev–Trinajstić information content (AvgIpc) is 3.42. The molecule has 2 aromatic heterocycles. The van der Waals surface area contributed by atoms with E-state index in [1.54, 1.807) is 12.1 Å². The molecular formula is C20H25ClN8O2. The number of amides is 1. The van der Waals surface area contributed by atoms with E-state index in [2.05, 4.69) is 38.6 Å². The summed E-state index contributed by atoms with van der Waals surface area (Å²) in [4.78, 5) is 17.5. The molecule has 11 heteroatoms. The third-order valence-corrected chi connectivity index (χ3v) is 5.69. The van der Waals surface area contributed by atoms with Gasteiger partial charge in [0.25, 0.3) is 5.91 Å². The number of tetrazole rings is 1. The standard InChI is InChI=1S/C20H25ClN8O2/c1-3-28-13-15(11-23-28)12-26-5-4-6-27(8-7-26)20(30)16-9-17(21)18(10-19(16)31-2)29-14-22-24-25-29/h9-11,13-14H,3-8,12H2,1-2H3. The normalized spacial score (nSPS) is 15.1. The van der Waals surface area contributed by atoms with Gasteiger partial charge in [0, 0.05) is 57.1 Å². The number of hydrogen-bond donors (Lipinski definition) is 0. The quantitative estimate of drug-likeness (QED) is 0.573. The second kappa shape index (κ2) is 9.44. The van der Waals surface area contributed by atoms with Crippen molar-refractivity contribution in [3.63, 3.8) is 0 Å². The van der Waals surface area contributed by atoms with Gasteiger partial charge in [-0.05, 0) is 29.8 Å². The van der Waals surface area contributed by atoms with Gasteiger partial charge in [0.2, 0.25) is 0 Å². The summed E-state index contributed by atoms with van der Waals surface area (Å²) in [6.07, 6.45) is 6.32. The van der Waals surface area contributed by atoms with Crippen LogP contribution in [0, 0.1) is 0 Å². The molecule has 1 saturated heterocycles. The zero-order chi connectivity index (χ0) is 21.8. The van der Waals surface area contributed by atoms with E-state index in [0.717, 1.165) is 32.6 Å². The molecule has 10 nitrogen and oxygen atoms in total. The van der Waals surface area contributed by atoms with Crippen LogP contribution in [0.15, 0.2) is 30.9 Å². The van der Waals surface area contributed by atoms with Gasteiger partial charge in [0.15, 0.2) is 0 Å². The smallest absolute Gasteiger partial charge is 0.257 e. The lowest BCUT2D eigenvalue weighted by atomic mass is 10.1. The monoisotopic (exact) mass is 444 g/mol. The number of carbonyl (C=O) groups excluding carboxylic acids is 1. The molecule has 164 valence electrons. The molecule has 1 aliphatic heterocycles. The van der Waals surface area contributed by atoms with Crippen LogP contribution in [-0.2, 0) is 13.1 Å². The summed E-state index contributed by atoms with van der Waals surface area (Å²) in [7, 11) is 1.53. The Kier molecular flexibility index (Phi) is 6.47. The first-order chi connectivity index (χ1) is 15.1. The number of aromatic nitrogens is 6. The second-order valence-electron chi connectivity index (χ2n) is 7.38. The van der Waals surface area contributed by atoms with Crippen molar-refractivity contribution in [1.82, 2.24) is 39.8 Å². The topological polar surface area (TPSA) is 94.2 Å². The molecule has 3 aromatic rings. The van der Waals surface area contributed by atoms with Crippen LogP contribution in [-0.4, -0.2) is 79.0 Å². The van der Waals surface area contributed by atoms with E-state index < -0.39 is 0 Å². The second-order valence-corrected chi connectivity index (χ2v) is 7.79. The van der Waals surface area contributed by atoms with Gasteiger partial charge in [-0.15, -0.1) is 5.10 Å². The van der Waals surface area contributed by atoms with Gasteiger partial charge in [0.05, 0.1) is 29.6 Å². The lowest BCUT2D eigenvalue weighted by Gasteiger charge is -2.23. The number of carbonyl (C=O) groups is 1. The Labute approximate surface area is 185 Å². The van der Waals surface area contributed by atoms with Gasteiger partial charge in [-0.1, -0.05) is 11.6 Å². The van der Waals surface area contributed by atoms with Crippen molar-refractivity contribution in [1.29, 1.82) is 0 Å². The maximum Gasteiger partial charge on any atom is 0.257 e. The van der Waals surface area contributed by atoms with Crippen LogP contribution in [0.2, 0.25) is 5.02 Å². The first-order valence-electron chi connectivity index (χ1n) is 10.2. The van der Waals surface area contributed by atoms with Crippen molar-refractivity contribution >= 4 is 17.5 Å². The van der Waals surface area contributed by atoms with E-state index >= 15 is 0 Å². The van der Waals surface area contributed by atoms with Gasteiger partial charge in [0.1, 0.15) is 12.1 Å². The number of aryl methyl sites for hydroxylation is 1. The van der Waals surface area contributed by atoms with Crippen molar-refractivity contribution < 1.29 is 9.53 Å². The molecule has 0 N–H and O–H groups in total. The highest BCUT2D eigenvalue weighted by Crippen LogP contribution is 2.30. The molecule has 1 fully saturated rings. The molecule has 0 atom stereocenters. The van der Waals surface area contributed by atoms with Gasteiger partial charge < -0.3 is 9.64 Å². The van der Waals surface area contributed by atoms with E-state index in [4.69, 9.17) is 16.3 Å². The summed E-state index contributed by atoms with van der Waals surface area (Å²) >= 11 is 6.43. The molecule has 4 rings (SSSR count). The first kappa shape index (κ1) is 21.3. The molecule has 0 aliphatic carbocycles. The van der Waals surface area contributed by atoms with E-state index in [0.29, 0.717) is 35.1 Å². The minimum atomic E-state index is -0.0948. The van der Waals surface area contributed by atoms with Crippen LogP contribution in [0.5, 0.6) is 5.75 Å². The maximum absolute atomic E-state index is 13.3. The molecule has 1 aliphatic rings. The molecule has 0 saturated carbocycles. The van der Waals surface area contributed by atoms with Crippen LogP contribution in [0.3, 0.4) is 0 Å². The summed E-state index contributed by atoms with van der Waals surface area (Å²) in [5.74, 6) is 0.343. The van der Waals surface area contributed by atoms with Crippen molar-refractivity contribution in [3.8, 4) is 11.4 Å². The van der Waals surface area contributed by atoms with E-state index in [9.17, 15) is 4.79 Å². The summed E-state index contributed by atoms with van der Waals surface area (Å²) < 4.78 is 8.85. The van der Waals surface area contributed by atoms with Gasteiger partial charge in [-0.2, -0.15) is 9.78 Å². The molecule has 0 spiro atoms. The molecular weight excluding hydrogens is 420 g/mol. The minimum Gasteiger partial charge on any atom is -0.496 e. The van der Waals surface area contributed by atoms with E-state index in [-0.39, 0.29) is 5.91 Å². The lowest BCUT2D eigenvalue weighted by Crippen LogP contribution is -2.35. The Balaban J connectivity index is 1.47. The van der Waals surface area contributed by atoms with Crippen molar-refractivity contribution in [2.24, 2.45) is 0 Å². The van der Waals surface area contributed by atoms with Crippen LogP contribution in [0.4, 0.5) is 0 Å². The number of nitrogens with zero attached hydrogens (tertiary/aromatic N) is 8. The van der Waals surface area contributed by atoms with Crippen LogP contribution < -0.4 is 4.74 Å². The number of methoxy groups -OCH3 is 1. The fraction of sp³-hybridized carbons (Fsp3) is 0.450. The maximum atomic E-state index is 13.3. The predicted molar refractivity (Wildman–Crippen MR) is 114 cm³/mol. The number of benzene rings is 1. The zero-order valence-electron chi connectivity index (χ0n) is 17.6. The Morgan fingerprint density at radius 2 is 2.10 bits per heavy atom. The Bertz CT molecular complexity index is 1040. The largest absolute Gasteiger partial charge is 0.496 e. The van der Waals surface area contributed by atoms with E-state index in [1.165, 1.54) is 23.7 Å². The first-order valence-corrected chi connectivity index (χ1v) is 10.6. The predicted octanol–water partition coefficient (Wildman–Crippen LogP) is 1.89. The number of halogens is 1. The highest BCUT2D eigenvalue weighted by molar-refractivity contribution is 6.33. The Morgan fingerprint density at radius 3 is 2.81 bits per heavy atom. The van der Waals surface area contributed by atoms with Crippen molar-refractivity contribution in [2.45, 2.75) is 26.4 Å². The molecule has 0 bridgehead atoms. The number of rotatable bonds is 6. The van der Waals surface area contributed by atoms with Crippen LogP contribution in [0.25, 0.3) is 5.69 Å². The summed E-state index contributed by atoms with van der Waals surface area (Å²) in [6, 6.07) is 3.31.